The molecule has 0 aromatic carbocycles. The van der Waals surface area contributed by atoms with E-state index in [4.69, 9.17) is 4.74 Å². The molecule has 16 heavy (non-hydrogen) atoms. The van der Waals surface area contributed by atoms with Crippen LogP contribution in [-0.4, -0.2) is 51.2 Å². The zero-order chi connectivity index (χ0) is 12.2. The standard InChI is InChI=1S/C12H24N2O2/c1-10(11(15)16-4)7-14(3)9-12(2)5-6-13-8-12/h10,13H,5-9H2,1-4H3. The number of methoxy groups -OCH3 is 1. The maximum atomic E-state index is 11.3. The highest BCUT2D eigenvalue weighted by atomic mass is 16.5. The summed E-state index contributed by atoms with van der Waals surface area (Å²) in [5.74, 6) is -0.172. The minimum Gasteiger partial charge on any atom is -0.469 e. The number of hydrogen-bond acceptors (Lipinski definition) is 4. The van der Waals surface area contributed by atoms with Crippen molar-refractivity contribution in [1.82, 2.24) is 10.2 Å². The lowest BCUT2D eigenvalue weighted by Gasteiger charge is -2.30. The molecule has 2 atom stereocenters. The molecule has 2 unspecified atom stereocenters. The van der Waals surface area contributed by atoms with E-state index in [1.165, 1.54) is 13.5 Å². The van der Waals surface area contributed by atoms with Crippen LogP contribution in [0.2, 0.25) is 0 Å². The Labute approximate surface area is 98.3 Å². The average Bonchev–Trinajstić information content (AvgIpc) is 2.62. The van der Waals surface area contributed by atoms with Gasteiger partial charge in [-0.2, -0.15) is 0 Å². The number of ether oxygens (including phenoxy) is 1. The minimum atomic E-state index is -0.124. The highest BCUT2D eigenvalue weighted by Gasteiger charge is 2.30. The van der Waals surface area contributed by atoms with Gasteiger partial charge < -0.3 is 15.0 Å². The number of esters is 1. The molecule has 0 bridgehead atoms. The molecule has 1 aliphatic rings. The van der Waals surface area contributed by atoms with Crippen LogP contribution in [0.25, 0.3) is 0 Å². The third-order valence-corrected chi connectivity index (χ3v) is 3.30. The molecule has 4 heteroatoms. The lowest BCUT2D eigenvalue weighted by Crippen LogP contribution is -2.38. The first kappa shape index (κ1) is 13.5. The van der Waals surface area contributed by atoms with E-state index in [1.807, 2.05) is 6.92 Å². The van der Waals surface area contributed by atoms with Gasteiger partial charge in [0.2, 0.25) is 0 Å². The average molecular weight is 228 g/mol. The number of carbonyl (C=O) groups excluding carboxylic acids is 1. The summed E-state index contributed by atoms with van der Waals surface area (Å²) in [4.78, 5) is 13.5. The molecular formula is C12H24N2O2. The van der Waals surface area contributed by atoms with Crippen molar-refractivity contribution in [1.29, 1.82) is 0 Å². The van der Waals surface area contributed by atoms with E-state index in [0.717, 1.165) is 26.2 Å². The first-order chi connectivity index (χ1) is 7.47. The fraction of sp³-hybridized carbons (Fsp3) is 0.917. The van der Waals surface area contributed by atoms with Crippen LogP contribution in [0.1, 0.15) is 20.3 Å². The van der Waals surface area contributed by atoms with Gasteiger partial charge in [-0.3, -0.25) is 4.79 Å². The molecule has 1 aliphatic heterocycles. The molecule has 1 heterocycles. The molecule has 0 amide bonds. The van der Waals surface area contributed by atoms with Crippen LogP contribution >= 0.6 is 0 Å². The van der Waals surface area contributed by atoms with Crippen molar-refractivity contribution in [2.45, 2.75) is 20.3 Å². The molecular weight excluding hydrogens is 204 g/mol. The van der Waals surface area contributed by atoms with Gasteiger partial charge in [-0.25, -0.2) is 0 Å². The van der Waals surface area contributed by atoms with E-state index in [0.29, 0.717) is 5.41 Å². The van der Waals surface area contributed by atoms with Gasteiger partial charge in [0.05, 0.1) is 13.0 Å². The molecule has 1 fully saturated rings. The molecule has 0 saturated carbocycles. The summed E-state index contributed by atoms with van der Waals surface area (Å²) in [5, 5.41) is 3.39. The van der Waals surface area contributed by atoms with Gasteiger partial charge >= 0.3 is 5.97 Å². The van der Waals surface area contributed by atoms with Crippen LogP contribution < -0.4 is 5.32 Å². The first-order valence-corrected chi connectivity index (χ1v) is 5.94. The molecule has 0 aliphatic carbocycles. The number of carbonyl (C=O) groups is 1. The summed E-state index contributed by atoms with van der Waals surface area (Å²) in [6, 6.07) is 0. The van der Waals surface area contributed by atoms with Crippen LogP contribution in [0.5, 0.6) is 0 Å². The topological polar surface area (TPSA) is 41.6 Å². The van der Waals surface area contributed by atoms with Gasteiger partial charge in [-0.1, -0.05) is 13.8 Å². The molecule has 1 saturated heterocycles. The third-order valence-electron chi connectivity index (χ3n) is 3.30. The van der Waals surface area contributed by atoms with Crippen molar-refractivity contribution >= 4 is 5.97 Å². The lowest BCUT2D eigenvalue weighted by molar-refractivity contribution is -0.145. The van der Waals surface area contributed by atoms with Crippen LogP contribution in [0.3, 0.4) is 0 Å². The van der Waals surface area contributed by atoms with Gasteiger partial charge in [0.15, 0.2) is 0 Å². The smallest absolute Gasteiger partial charge is 0.309 e. The van der Waals surface area contributed by atoms with Crippen molar-refractivity contribution in [3.63, 3.8) is 0 Å². The second-order valence-electron chi connectivity index (χ2n) is 5.36. The second kappa shape index (κ2) is 5.64. The molecule has 1 N–H and O–H groups in total. The number of nitrogens with one attached hydrogen (secondary N) is 1. The number of rotatable bonds is 5. The normalized spacial score (nSPS) is 27.1. The maximum absolute atomic E-state index is 11.3. The molecule has 0 radical (unpaired) electrons. The van der Waals surface area contributed by atoms with Gasteiger partial charge in [0, 0.05) is 19.6 Å². The van der Waals surface area contributed by atoms with E-state index in [1.54, 1.807) is 0 Å². The van der Waals surface area contributed by atoms with Crippen LogP contribution in [0, 0.1) is 11.3 Å². The highest BCUT2D eigenvalue weighted by molar-refractivity contribution is 5.72. The highest BCUT2D eigenvalue weighted by Crippen LogP contribution is 2.25. The molecule has 4 nitrogen and oxygen atoms in total. The Hall–Kier alpha value is -0.610. The van der Waals surface area contributed by atoms with E-state index < -0.39 is 0 Å². The Morgan fingerprint density at radius 2 is 2.31 bits per heavy atom. The lowest BCUT2D eigenvalue weighted by atomic mass is 9.89. The van der Waals surface area contributed by atoms with E-state index in [2.05, 4.69) is 24.2 Å². The molecule has 1 rings (SSSR count). The zero-order valence-electron chi connectivity index (χ0n) is 10.9. The van der Waals surface area contributed by atoms with Gasteiger partial charge in [0.25, 0.3) is 0 Å². The van der Waals surface area contributed by atoms with Crippen LogP contribution in [-0.2, 0) is 9.53 Å². The summed E-state index contributed by atoms with van der Waals surface area (Å²) in [5.41, 5.74) is 0.352. The third kappa shape index (κ3) is 3.76. The predicted molar refractivity (Wildman–Crippen MR) is 64.3 cm³/mol. The van der Waals surface area contributed by atoms with Crippen molar-refractivity contribution in [3.8, 4) is 0 Å². The van der Waals surface area contributed by atoms with Crippen molar-refractivity contribution in [2.75, 3.05) is 40.3 Å². The summed E-state index contributed by atoms with van der Waals surface area (Å²) in [6.07, 6.45) is 1.21. The predicted octanol–water partition coefficient (Wildman–Crippen LogP) is 0.727. The van der Waals surface area contributed by atoms with Crippen molar-refractivity contribution in [3.05, 3.63) is 0 Å². The van der Waals surface area contributed by atoms with Crippen molar-refractivity contribution in [2.24, 2.45) is 11.3 Å². The molecule has 0 spiro atoms. The van der Waals surface area contributed by atoms with Gasteiger partial charge in [-0.05, 0) is 25.4 Å². The second-order valence-corrected chi connectivity index (χ2v) is 5.36. The fourth-order valence-electron chi connectivity index (χ4n) is 2.46. The van der Waals surface area contributed by atoms with Crippen LogP contribution in [0.4, 0.5) is 0 Å². The van der Waals surface area contributed by atoms with Gasteiger partial charge in [-0.15, -0.1) is 0 Å². The Morgan fingerprint density at radius 1 is 1.62 bits per heavy atom. The van der Waals surface area contributed by atoms with E-state index in [-0.39, 0.29) is 11.9 Å². The Balaban J connectivity index is 2.35. The minimum absolute atomic E-state index is 0.0482. The zero-order valence-corrected chi connectivity index (χ0v) is 10.9. The maximum Gasteiger partial charge on any atom is 0.309 e. The number of nitrogens with zero attached hydrogens (tertiary/aromatic N) is 1. The molecule has 0 aromatic heterocycles. The fourth-order valence-corrected chi connectivity index (χ4v) is 2.46. The Bertz CT molecular complexity index is 237. The summed E-state index contributed by atoms with van der Waals surface area (Å²) >= 11 is 0. The molecule has 0 aromatic rings. The Morgan fingerprint density at radius 3 is 2.81 bits per heavy atom. The number of hydrogen-bond donors (Lipinski definition) is 1. The Kier molecular flexibility index (Phi) is 4.74. The monoisotopic (exact) mass is 228 g/mol. The molecule has 94 valence electrons. The summed E-state index contributed by atoms with van der Waals surface area (Å²) in [7, 11) is 3.52. The SMILES string of the molecule is COC(=O)C(C)CN(C)CC1(C)CCNC1. The first-order valence-electron chi connectivity index (χ1n) is 5.94. The van der Waals surface area contributed by atoms with Crippen LogP contribution in [0.15, 0.2) is 0 Å². The summed E-state index contributed by atoms with van der Waals surface area (Å²) < 4.78 is 4.73. The quantitative estimate of drug-likeness (QED) is 0.704. The van der Waals surface area contributed by atoms with E-state index in [9.17, 15) is 4.79 Å². The van der Waals surface area contributed by atoms with Gasteiger partial charge in [0.1, 0.15) is 0 Å². The largest absolute Gasteiger partial charge is 0.469 e. The van der Waals surface area contributed by atoms with Crippen molar-refractivity contribution < 1.29 is 9.53 Å². The van der Waals surface area contributed by atoms with E-state index >= 15 is 0 Å². The summed E-state index contributed by atoms with van der Waals surface area (Å²) in [6.45, 7) is 8.19.